The Labute approximate surface area is 208 Å². The second-order valence-corrected chi connectivity index (χ2v) is 8.23. The van der Waals surface area contributed by atoms with Crippen molar-refractivity contribution in [3.8, 4) is 45.4 Å². The minimum absolute atomic E-state index is 0.331. The van der Waals surface area contributed by atoms with Crippen molar-refractivity contribution in [2.75, 3.05) is 14.2 Å². The highest BCUT2D eigenvalue weighted by atomic mass is 35.5. The molecule has 6 nitrogen and oxygen atoms in total. The zero-order chi connectivity index (χ0) is 24.2. The maximum absolute atomic E-state index is 6.89. The quantitative estimate of drug-likeness (QED) is 0.341. The molecule has 4 rings (SSSR count). The van der Waals surface area contributed by atoms with Crippen LogP contribution in [0.5, 0.6) is 11.8 Å². The van der Waals surface area contributed by atoms with Crippen molar-refractivity contribution in [2.45, 2.75) is 13.1 Å². The predicted octanol–water partition coefficient (Wildman–Crippen LogP) is 5.72. The Hall–Kier alpha value is -3.16. The van der Waals surface area contributed by atoms with Gasteiger partial charge in [-0.15, -0.1) is 0 Å². The average Bonchev–Trinajstić information content (AvgIpc) is 2.88. The summed E-state index contributed by atoms with van der Waals surface area (Å²) in [5.41, 5.74) is 17.6. The summed E-state index contributed by atoms with van der Waals surface area (Å²) in [5, 5.41) is 1.06. The van der Waals surface area contributed by atoms with Crippen molar-refractivity contribution < 1.29 is 9.47 Å². The molecule has 0 spiro atoms. The lowest BCUT2D eigenvalue weighted by atomic mass is 9.98. The van der Waals surface area contributed by atoms with Crippen LogP contribution >= 0.6 is 23.2 Å². The van der Waals surface area contributed by atoms with Crippen LogP contribution in [0.15, 0.2) is 60.7 Å². The van der Waals surface area contributed by atoms with Crippen LogP contribution < -0.4 is 20.9 Å². The van der Waals surface area contributed by atoms with Gasteiger partial charge in [-0.1, -0.05) is 71.7 Å². The summed E-state index contributed by atoms with van der Waals surface area (Å²) in [7, 11) is 3.13. The lowest BCUT2D eigenvalue weighted by Gasteiger charge is -2.15. The smallest absolute Gasteiger partial charge is 0.218 e. The zero-order valence-corrected chi connectivity index (χ0v) is 20.3. The highest BCUT2D eigenvalue weighted by Crippen LogP contribution is 2.42. The minimum Gasteiger partial charge on any atom is -0.481 e. The van der Waals surface area contributed by atoms with E-state index in [1.54, 1.807) is 14.2 Å². The van der Waals surface area contributed by atoms with E-state index in [1.165, 1.54) is 0 Å². The van der Waals surface area contributed by atoms with E-state index < -0.39 is 0 Å². The van der Waals surface area contributed by atoms with Crippen molar-refractivity contribution in [2.24, 2.45) is 11.5 Å². The number of hydrogen-bond donors (Lipinski definition) is 2. The molecule has 0 aliphatic carbocycles. The first-order valence-electron chi connectivity index (χ1n) is 10.6. The molecule has 0 aliphatic heterocycles. The second kappa shape index (κ2) is 10.4. The molecule has 34 heavy (non-hydrogen) atoms. The number of halogens is 2. The molecule has 0 bridgehead atoms. The van der Waals surface area contributed by atoms with Crippen molar-refractivity contribution in [3.63, 3.8) is 0 Å². The van der Waals surface area contributed by atoms with Gasteiger partial charge in [0.2, 0.25) is 11.8 Å². The fourth-order valence-electron chi connectivity index (χ4n) is 3.78. The summed E-state index contributed by atoms with van der Waals surface area (Å²) < 4.78 is 10.8. The van der Waals surface area contributed by atoms with Crippen molar-refractivity contribution in [1.82, 2.24) is 9.97 Å². The Kier molecular flexibility index (Phi) is 7.34. The van der Waals surface area contributed by atoms with Gasteiger partial charge in [-0.25, -0.2) is 9.97 Å². The van der Waals surface area contributed by atoms with Gasteiger partial charge in [-0.3, -0.25) is 0 Å². The van der Waals surface area contributed by atoms with Gasteiger partial charge in [0.15, 0.2) is 0 Å². The van der Waals surface area contributed by atoms with Crippen LogP contribution in [0.2, 0.25) is 10.0 Å². The van der Waals surface area contributed by atoms with E-state index in [0.717, 1.165) is 33.4 Å². The number of hydrogen-bond acceptors (Lipinski definition) is 6. The molecule has 0 fully saturated rings. The van der Waals surface area contributed by atoms with Gasteiger partial charge < -0.3 is 20.9 Å². The van der Waals surface area contributed by atoms with E-state index in [0.29, 0.717) is 46.3 Å². The van der Waals surface area contributed by atoms with Crippen molar-refractivity contribution in [1.29, 1.82) is 0 Å². The summed E-state index contributed by atoms with van der Waals surface area (Å²) in [6, 6.07) is 19.0. The maximum Gasteiger partial charge on any atom is 0.218 e. The van der Waals surface area contributed by atoms with E-state index in [9.17, 15) is 0 Å². The average molecular weight is 495 g/mol. The number of pyridine rings is 2. The van der Waals surface area contributed by atoms with E-state index in [-0.39, 0.29) is 0 Å². The molecule has 4 N–H and O–H groups in total. The number of methoxy groups -OCH3 is 2. The normalized spacial score (nSPS) is 10.9. The third-order valence-corrected chi connectivity index (χ3v) is 6.36. The lowest BCUT2D eigenvalue weighted by Crippen LogP contribution is -2.02. The number of nitrogens with zero attached hydrogens (tertiary/aromatic N) is 2. The summed E-state index contributed by atoms with van der Waals surface area (Å²) in [4.78, 5) is 9.19. The fourth-order valence-corrected chi connectivity index (χ4v) is 4.43. The molecule has 0 saturated carbocycles. The van der Waals surface area contributed by atoms with Gasteiger partial charge in [0.05, 0.1) is 35.7 Å². The molecule has 2 aromatic heterocycles. The topological polar surface area (TPSA) is 96.3 Å². The van der Waals surface area contributed by atoms with Crippen LogP contribution in [0.25, 0.3) is 33.6 Å². The molecule has 2 heterocycles. The monoisotopic (exact) mass is 494 g/mol. The highest BCUT2D eigenvalue weighted by Gasteiger charge is 2.18. The number of benzene rings is 2. The molecular weight excluding hydrogens is 471 g/mol. The van der Waals surface area contributed by atoms with Crippen molar-refractivity contribution in [3.05, 3.63) is 81.8 Å². The van der Waals surface area contributed by atoms with Gasteiger partial charge in [0, 0.05) is 46.5 Å². The first-order chi connectivity index (χ1) is 16.5. The molecule has 0 radical (unpaired) electrons. The van der Waals surface area contributed by atoms with Crippen LogP contribution in [-0.2, 0) is 13.1 Å². The Morgan fingerprint density at radius 2 is 1.00 bits per heavy atom. The second-order valence-electron chi connectivity index (χ2n) is 7.47. The third kappa shape index (κ3) is 4.45. The van der Waals surface area contributed by atoms with Gasteiger partial charge >= 0.3 is 0 Å². The van der Waals surface area contributed by atoms with Crippen LogP contribution in [0.4, 0.5) is 0 Å². The van der Waals surface area contributed by atoms with Crippen LogP contribution in [0.1, 0.15) is 11.1 Å². The van der Waals surface area contributed by atoms with Crippen LogP contribution in [0, 0.1) is 0 Å². The minimum atomic E-state index is 0.331. The molecule has 0 atom stereocenters. The molecule has 0 aliphatic rings. The molecule has 0 saturated heterocycles. The Bertz CT molecular complexity index is 1240. The summed E-state index contributed by atoms with van der Waals surface area (Å²) in [5.74, 6) is 0.949. The largest absolute Gasteiger partial charge is 0.481 e. The predicted molar refractivity (Wildman–Crippen MR) is 137 cm³/mol. The molecule has 174 valence electrons. The van der Waals surface area contributed by atoms with Crippen LogP contribution in [-0.4, -0.2) is 24.2 Å². The van der Waals surface area contributed by atoms with E-state index >= 15 is 0 Å². The molecule has 4 aromatic rings. The number of rotatable bonds is 7. The first-order valence-corrected chi connectivity index (χ1v) is 11.3. The Morgan fingerprint density at radius 1 is 0.618 bits per heavy atom. The van der Waals surface area contributed by atoms with Gasteiger partial charge in [-0.2, -0.15) is 0 Å². The highest BCUT2D eigenvalue weighted by molar-refractivity contribution is 6.39. The van der Waals surface area contributed by atoms with E-state index in [2.05, 4.69) is 9.97 Å². The van der Waals surface area contributed by atoms with E-state index in [1.807, 2.05) is 60.7 Å². The number of ether oxygens (including phenoxy) is 2. The zero-order valence-electron chi connectivity index (χ0n) is 18.8. The molecule has 2 aromatic carbocycles. The Balaban J connectivity index is 1.82. The standard InChI is InChI=1S/C26H24Cl2N4O2/c1-33-25-15(13-29)9-11-21(31-25)19-7-3-5-17(23(19)27)18-6-4-8-20(24(18)28)22-12-10-16(14-30)26(32-22)34-2/h3-12H,13-14,29-30H2,1-2H3. The van der Waals surface area contributed by atoms with Gasteiger partial charge in [0.25, 0.3) is 0 Å². The maximum atomic E-state index is 6.89. The summed E-state index contributed by atoms with van der Waals surface area (Å²) >= 11 is 13.8. The molecular formula is C26H24Cl2N4O2. The lowest BCUT2D eigenvalue weighted by molar-refractivity contribution is 0.393. The SMILES string of the molecule is COc1nc(-c2cccc(-c3cccc(-c4ccc(CN)c(OC)n4)c3Cl)c2Cl)ccc1CN. The van der Waals surface area contributed by atoms with E-state index in [4.69, 9.17) is 44.1 Å². The first kappa shape index (κ1) is 24.0. The molecule has 0 unspecified atom stereocenters. The summed E-state index contributed by atoms with van der Waals surface area (Å²) in [6.45, 7) is 0.662. The van der Waals surface area contributed by atoms with Gasteiger partial charge in [-0.05, 0) is 12.1 Å². The van der Waals surface area contributed by atoms with Crippen molar-refractivity contribution >= 4 is 23.2 Å². The third-order valence-electron chi connectivity index (χ3n) is 5.54. The fraction of sp³-hybridized carbons (Fsp3) is 0.154. The summed E-state index contributed by atoms with van der Waals surface area (Å²) in [6.07, 6.45) is 0. The number of aromatic nitrogens is 2. The van der Waals surface area contributed by atoms with Crippen LogP contribution in [0.3, 0.4) is 0 Å². The number of nitrogens with two attached hydrogens (primary N) is 2. The molecule has 0 amide bonds. The Morgan fingerprint density at radius 3 is 1.35 bits per heavy atom. The molecule has 8 heteroatoms. The van der Waals surface area contributed by atoms with Gasteiger partial charge in [0.1, 0.15) is 0 Å².